The normalized spacial score (nSPS) is 11.9. The molecule has 0 spiro atoms. The molecule has 3 nitrogen and oxygen atoms in total. The van der Waals surface area contributed by atoms with Gasteiger partial charge in [0.2, 0.25) is 0 Å². The highest BCUT2D eigenvalue weighted by Crippen LogP contribution is 2.22. The van der Waals surface area contributed by atoms with Crippen molar-refractivity contribution in [2.45, 2.75) is 6.92 Å². The third kappa shape index (κ3) is 2.10. The number of hydrogen-bond acceptors (Lipinski definition) is 3. The molecule has 94 valence electrons. The van der Waals surface area contributed by atoms with Gasteiger partial charge in [0.1, 0.15) is 16.7 Å². The Hall–Kier alpha value is -2.55. The van der Waals surface area contributed by atoms with Crippen LogP contribution in [0.3, 0.4) is 0 Å². The lowest BCUT2D eigenvalue weighted by atomic mass is 10.1. The maximum atomic E-state index is 9.13. The van der Waals surface area contributed by atoms with E-state index in [2.05, 4.69) is 5.16 Å². The van der Waals surface area contributed by atoms with Gasteiger partial charge in [-0.25, -0.2) is 0 Å². The third-order valence-electron chi connectivity index (χ3n) is 3.09. The van der Waals surface area contributed by atoms with Gasteiger partial charge in [0.25, 0.3) is 0 Å². The highest BCUT2D eigenvalue weighted by molar-refractivity contribution is 5.78. The summed E-state index contributed by atoms with van der Waals surface area (Å²) in [4.78, 5) is 0. The van der Waals surface area contributed by atoms with E-state index in [-0.39, 0.29) is 0 Å². The van der Waals surface area contributed by atoms with Crippen LogP contribution in [0.5, 0.6) is 0 Å². The molecule has 1 N–H and O–H groups in total. The Balaban J connectivity index is 2.28. The molecule has 3 heteroatoms. The molecular formula is C16H13NO2. The molecule has 0 unspecified atom stereocenters. The van der Waals surface area contributed by atoms with Gasteiger partial charge in [-0.05, 0) is 19.1 Å². The smallest absolute Gasteiger partial charge is 0.136 e. The van der Waals surface area contributed by atoms with Crippen LogP contribution in [-0.2, 0) is 0 Å². The molecule has 3 rings (SSSR count). The van der Waals surface area contributed by atoms with Crippen molar-refractivity contribution in [3.63, 3.8) is 0 Å². The van der Waals surface area contributed by atoms with E-state index >= 15 is 0 Å². The van der Waals surface area contributed by atoms with E-state index in [9.17, 15) is 0 Å². The van der Waals surface area contributed by atoms with Crippen molar-refractivity contribution in [2.75, 3.05) is 0 Å². The van der Waals surface area contributed by atoms with E-state index in [0.29, 0.717) is 16.7 Å². The van der Waals surface area contributed by atoms with Gasteiger partial charge in [0.15, 0.2) is 0 Å². The molecule has 2 aromatic carbocycles. The van der Waals surface area contributed by atoms with Gasteiger partial charge in [-0.1, -0.05) is 47.1 Å². The number of hydrogen-bond donors (Lipinski definition) is 1. The van der Waals surface area contributed by atoms with Crippen molar-refractivity contribution in [1.82, 2.24) is 0 Å². The van der Waals surface area contributed by atoms with Crippen molar-refractivity contribution < 1.29 is 9.62 Å². The molecular weight excluding hydrogens is 238 g/mol. The molecule has 0 aliphatic rings. The minimum absolute atomic E-state index is 0.512. The van der Waals surface area contributed by atoms with E-state index in [0.717, 1.165) is 10.9 Å². The van der Waals surface area contributed by atoms with Crippen LogP contribution in [0.1, 0.15) is 5.56 Å². The van der Waals surface area contributed by atoms with Crippen LogP contribution >= 0.6 is 0 Å². The van der Waals surface area contributed by atoms with E-state index in [4.69, 9.17) is 9.62 Å². The average molecular weight is 251 g/mol. The third-order valence-corrected chi connectivity index (χ3v) is 3.09. The summed E-state index contributed by atoms with van der Waals surface area (Å²) in [5, 5.41) is 13.8. The lowest BCUT2D eigenvalue weighted by Gasteiger charge is -2.04. The van der Waals surface area contributed by atoms with E-state index in [1.54, 1.807) is 6.07 Å². The Labute approximate surface area is 110 Å². The first-order valence-electron chi connectivity index (χ1n) is 6.06. The molecule has 0 aliphatic carbocycles. The maximum Gasteiger partial charge on any atom is 0.136 e. The average Bonchev–Trinajstić information content (AvgIpc) is 2.47. The Morgan fingerprint density at radius 2 is 1.74 bits per heavy atom. The molecule has 19 heavy (non-hydrogen) atoms. The van der Waals surface area contributed by atoms with Crippen molar-refractivity contribution >= 4 is 11.0 Å². The first-order chi connectivity index (χ1) is 9.28. The van der Waals surface area contributed by atoms with E-state index < -0.39 is 0 Å². The second-order valence-corrected chi connectivity index (χ2v) is 4.46. The minimum atomic E-state index is 0.512. The zero-order chi connectivity index (χ0) is 13.2. The Morgan fingerprint density at radius 1 is 1.00 bits per heavy atom. The van der Waals surface area contributed by atoms with Crippen molar-refractivity contribution in [2.24, 2.45) is 5.16 Å². The number of rotatable bonds is 1. The molecule has 3 aromatic rings. The summed E-state index contributed by atoms with van der Waals surface area (Å²) in [5.74, 6) is 0.687. The summed E-state index contributed by atoms with van der Waals surface area (Å²) in [6, 6.07) is 17.3. The van der Waals surface area contributed by atoms with Gasteiger partial charge in [-0.2, -0.15) is 0 Å². The van der Waals surface area contributed by atoms with Crippen LogP contribution in [-0.4, -0.2) is 5.21 Å². The molecule has 1 aromatic heterocycles. The second kappa shape index (κ2) is 4.61. The van der Waals surface area contributed by atoms with Crippen molar-refractivity contribution in [1.29, 1.82) is 0 Å². The minimum Gasteiger partial charge on any atom is -0.456 e. The van der Waals surface area contributed by atoms with Crippen LogP contribution in [0.4, 0.5) is 0 Å². The fourth-order valence-corrected chi connectivity index (χ4v) is 2.06. The summed E-state index contributed by atoms with van der Waals surface area (Å²) in [6.07, 6.45) is 0. The van der Waals surface area contributed by atoms with Crippen LogP contribution in [0, 0.1) is 6.92 Å². The number of nitrogens with zero attached hydrogens (tertiary/aromatic N) is 1. The molecule has 0 fully saturated rings. The summed E-state index contributed by atoms with van der Waals surface area (Å²) in [6.45, 7) is 2.04. The molecule has 1 heterocycles. The Bertz CT molecular complexity index is 786. The second-order valence-electron chi connectivity index (χ2n) is 4.46. The van der Waals surface area contributed by atoms with Crippen LogP contribution in [0.25, 0.3) is 22.3 Å². The van der Waals surface area contributed by atoms with Crippen molar-refractivity contribution in [3.8, 4) is 11.3 Å². The van der Waals surface area contributed by atoms with Gasteiger partial charge in [-0.3, -0.25) is 0 Å². The zero-order valence-corrected chi connectivity index (χ0v) is 10.5. The summed E-state index contributed by atoms with van der Waals surface area (Å²) >= 11 is 0. The lowest BCUT2D eigenvalue weighted by Crippen LogP contribution is -2.02. The predicted molar refractivity (Wildman–Crippen MR) is 73.7 cm³/mol. The Morgan fingerprint density at radius 3 is 2.47 bits per heavy atom. The fraction of sp³-hybridized carbons (Fsp3) is 0.0625. The lowest BCUT2D eigenvalue weighted by molar-refractivity contribution is 0.302. The first-order valence-corrected chi connectivity index (χ1v) is 6.06. The van der Waals surface area contributed by atoms with Gasteiger partial charge in [-0.15, -0.1) is 0 Å². The topological polar surface area (TPSA) is 45.7 Å². The molecule has 0 aliphatic heterocycles. The SMILES string of the molecule is Cc1ccc(-c2cc(=NO)c3ccccc3o2)cc1. The highest BCUT2D eigenvalue weighted by atomic mass is 16.4. The maximum absolute atomic E-state index is 9.13. The molecule has 0 saturated heterocycles. The molecule has 0 radical (unpaired) electrons. The molecule has 0 bridgehead atoms. The monoisotopic (exact) mass is 251 g/mol. The standard InChI is InChI=1S/C16H13NO2/c1-11-6-8-12(9-7-11)16-10-14(17-18)13-4-2-3-5-15(13)19-16/h2-10,18H,1H3. The molecule has 0 atom stereocenters. The largest absolute Gasteiger partial charge is 0.456 e. The first kappa shape index (κ1) is 11.5. The van der Waals surface area contributed by atoms with Gasteiger partial charge < -0.3 is 9.62 Å². The summed E-state index contributed by atoms with van der Waals surface area (Å²) in [5.41, 5.74) is 2.85. The molecule has 0 amide bonds. The van der Waals surface area contributed by atoms with E-state index in [1.165, 1.54) is 5.56 Å². The quantitative estimate of drug-likeness (QED) is 0.529. The number of benzene rings is 2. The Kier molecular flexibility index (Phi) is 2.80. The van der Waals surface area contributed by atoms with Gasteiger partial charge in [0, 0.05) is 17.0 Å². The highest BCUT2D eigenvalue weighted by Gasteiger charge is 2.05. The number of aryl methyl sites for hydroxylation is 1. The van der Waals surface area contributed by atoms with Crippen LogP contribution in [0.2, 0.25) is 0 Å². The van der Waals surface area contributed by atoms with Gasteiger partial charge in [0.05, 0.1) is 0 Å². The van der Waals surface area contributed by atoms with Gasteiger partial charge >= 0.3 is 0 Å². The van der Waals surface area contributed by atoms with Crippen LogP contribution < -0.4 is 5.36 Å². The van der Waals surface area contributed by atoms with Crippen molar-refractivity contribution in [3.05, 3.63) is 65.5 Å². The van der Waals surface area contributed by atoms with E-state index in [1.807, 2.05) is 55.5 Å². The van der Waals surface area contributed by atoms with Crippen LogP contribution in [0.15, 0.2) is 64.2 Å². The molecule has 0 saturated carbocycles. The zero-order valence-electron chi connectivity index (χ0n) is 10.5. The number of fused-ring (bicyclic) bond motifs is 1. The fourth-order valence-electron chi connectivity index (χ4n) is 2.06. The number of para-hydroxylation sites is 1. The predicted octanol–water partition coefficient (Wildman–Crippen LogP) is 3.70. The summed E-state index contributed by atoms with van der Waals surface area (Å²) in [7, 11) is 0. The summed E-state index contributed by atoms with van der Waals surface area (Å²) < 4.78 is 5.86.